The van der Waals surface area contributed by atoms with Gasteiger partial charge in [0.25, 0.3) is 0 Å². The number of hydrogen-bond acceptors (Lipinski definition) is 3. The van der Waals surface area contributed by atoms with Gasteiger partial charge in [0.15, 0.2) is 5.65 Å². The second kappa shape index (κ2) is 4.46. The molecule has 0 atom stereocenters. The van der Waals surface area contributed by atoms with E-state index < -0.39 is 0 Å². The summed E-state index contributed by atoms with van der Waals surface area (Å²) >= 11 is 5.94. The number of fused-ring (bicyclic) bond motifs is 2. The number of H-pyrrole nitrogens is 1. The Bertz CT molecular complexity index is 978. The van der Waals surface area contributed by atoms with Crippen LogP contribution < -0.4 is 0 Å². The first-order valence-electron chi connectivity index (χ1n) is 6.45. The highest BCUT2D eigenvalue weighted by atomic mass is 35.5. The number of nitrogens with one attached hydrogen (secondary N) is 1. The SMILES string of the molecule is Oc1ccc2ccccc2c1-c1nc2ncc(Cl)cc2[nH]1. The predicted molar refractivity (Wildman–Crippen MR) is 83.5 cm³/mol. The molecule has 102 valence electrons. The van der Waals surface area contributed by atoms with E-state index in [2.05, 4.69) is 15.0 Å². The minimum atomic E-state index is 0.179. The van der Waals surface area contributed by atoms with E-state index in [1.165, 1.54) is 0 Å². The highest BCUT2D eigenvalue weighted by Gasteiger charge is 2.14. The zero-order valence-electron chi connectivity index (χ0n) is 10.8. The van der Waals surface area contributed by atoms with Crippen molar-refractivity contribution in [1.29, 1.82) is 0 Å². The van der Waals surface area contributed by atoms with Crippen LogP contribution in [0.15, 0.2) is 48.7 Å². The molecule has 0 aliphatic rings. The third-order valence-corrected chi connectivity index (χ3v) is 3.65. The van der Waals surface area contributed by atoms with Crippen LogP contribution in [0.1, 0.15) is 0 Å². The van der Waals surface area contributed by atoms with E-state index >= 15 is 0 Å². The number of phenols is 1. The fourth-order valence-corrected chi connectivity index (χ4v) is 2.66. The summed E-state index contributed by atoms with van der Waals surface area (Å²) in [4.78, 5) is 11.8. The Morgan fingerprint density at radius 3 is 2.86 bits per heavy atom. The molecule has 0 bridgehead atoms. The molecule has 2 N–H and O–H groups in total. The first-order chi connectivity index (χ1) is 10.2. The van der Waals surface area contributed by atoms with Gasteiger partial charge < -0.3 is 10.1 Å². The molecule has 0 fully saturated rings. The minimum Gasteiger partial charge on any atom is -0.507 e. The van der Waals surface area contributed by atoms with Crippen molar-refractivity contribution >= 4 is 33.5 Å². The molecule has 4 aromatic rings. The molecule has 0 aliphatic heterocycles. The molecule has 0 saturated carbocycles. The zero-order chi connectivity index (χ0) is 14.4. The predicted octanol–water partition coefficient (Wildman–Crippen LogP) is 4.14. The Kier molecular flexibility index (Phi) is 2.59. The summed E-state index contributed by atoms with van der Waals surface area (Å²) < 4.78 is 0. The van der Waals surface area contributed by atoms with Gasteiger partial charge in [0.05, 0.1) is 16.1 Å². The molecule has 2 heterocycles. The number of aromatic hydroxyl groups is 1. The second-order valence-electron chi connectivity index (χ2n) is 4.79. The van der Waals surface area contributed by atoms with Crippen LogP contribution in [-0.2, 0) is 0 Å². The molecule has 0 amide bonds. The highest BCUT2D eigenvalue weighted by Crippen LogP contribution is 2.35. The van der Waals surface area contributed by atoms with Gasteiger partial charge in [-0.25, -0.2) is 9.97 Å². The van der Waals surface area contributed by atoms with Crippen LogP contribution in [-0.4, -0.2) is 20.1 Å². The summed E-state index contributed by atoms with van der Waals surface area (Å²) in [6, 6.07) is 13.2. The monoisotopic (exact) mass is 295 g/mol. The van der Waals surface area contributed by atoms with Crippen molar-refractivity contribution in [2.75, 3.05) is 0 Å². The van der Waals surface area contributed by atoms with Gasteiger partial charge in [-0.05, 0) is 22.9 Å². The number of hydrogen-bond donors (Lipinski definition) is 2. The summed E-state index contributed by atoms with van der Waals surface area (Å²) in [7, 11) is 0. The third-order valence-electron chi connectivity index (χ3n) is 3.45. The van der Waals surface area contributed by atoms with E-state index in [1.807, 2.05) is 30.3 Å². The molecule has 0 saturated heterocycles. The number of pyridine rings is 1. The summed E-state index contributed by atoms with van der Waals surface area (Å²) in [5, 5.41) is 12.7. The number of benzene rings is 2. The Morgan fingerprint density at radius 2 is 1.95 bits per heavy atom. The maximum Gasteiger partial charge on any atom is 0.178 e. The number of imidazole rings is 1. The first kappa shape index (κ1) is 12.2. The normalized spacial score (nSPS) is 11.3. The standard InChI is InChI=1S/C16H10ClN3O/c17-10-7-12-15(18-8-10)20-16(19-12)14-11-4-2-1-3-9(11)5-6-13(14)21/h1-8,21H,(H,18,19,20). The van der Waals surface area contributed by atoms with Gasteiger partial charge in [0.2, 0.25) is 0 Å². The van der Waals surface area contributed by atoms with Gasteiger partial charge in [-0.2, -0.15) is 0 Å². The van der Waals surface area contributed by atoms with Gasteiger partial charge >= 0.3 is 0 Å². The lowest BCUT2D eigenvalue weighted by Gasteiger charge is -2.06. The van der Waals surface area contributed by atoms with Crippen molar-refractivity contribution in [1.82, 2.24) is 15.0 Å². The van der Waals surface area contributed by atoms with E-state index in [4.69, 9.17) is 11.6 Å². The van der Waals surface area contributed by atoms with Gasteiger partial charge in [-0.1, -0.05) is 41.9 Å². The van der Waals surface area contributed by atoms with Crippen molar-refractivity contribution in [3.63, 3.8) is 0 Å². The number of aromatic amines is 1. The Labute approximate surface area is 125 Å². The van der Waals surface area contributed by atoms with E-state index in [0.29, 0.717) is 22.1 Å². The van der Waals surface area contributed by atoms with Crippen LogP contribution in [0.4, 0.5) is 0 Å². The number of rotatable bonds is 1. The van der Waals surface area contributed by atoms with Gasteiger partial charge in [0, 0.05) is 6.20 Å². The van der Waals surface area contributed by atoms with E-state index in [9.17, 15) is 5.11 Å². The summed E-state index contributed by atoms with van der Waals surface area (Å²) in [5.74, 6) is 0.757. The zero-order valence-corrected chi connectivity index (χ0v) is 11.6. The lowest BCUT2D eigenvalue weighted by Crippen LogP contribution is -1.85. The molecular formula is C16H10ClN3O. The first-order valence-corrected chi connectivity index (χ1v) is 6.82. The lowest BCUT2D eigenvalue weighted by atomic mass is 10.0. The molecule has 21 heavy (non-hydrogen) atoms. The smallest absolute Gasteiger partial charge is 0.178 e. The fourth-order valence-electron chi connectivity index (χ4n) is 2.50. The Morgan fingerprint density at radius 1 is 1.10 bits per heavy atom. The van der Waals surface area contributed by atoms with E-state index in [-0.39, 0.29) is 5.75 Å². The van der Waals surface area contributed by atoms with Crippen LogP contribution in [0.2, 0.25) is 5.02 Å². The average Bonchev–Trinajstić information content (AvgIpc) is 2.89. The quantitative estimate of drug-likeness (QED) is 0.555. The summed E-state index contributed by atoms with van der Waals surface area (Å²) in [5.41, 5.74) is 1.98. The third kappa shape index (κ3) is 1.92. The molecule has 0 radical (unpaired) electrons. The molecule has 2 aromatic heterocycles. The highest BCUT2D eigenvalue weighted by molar-refractivity contribution is 6.31. The van der Waals surface area contributed by atoms with Crippen molar-refractivity contribution in [3.8, 4) is 17.1 Å². The Balaban J connectivity index is 2.05. The number of nitrogens with zero attached hydrogens (tertiary/aromatic N) is 2. The maximum absolute atomic E-state index is 10.2. The molecule has 0 unspecified atom stereocenters. The molecule has 4 rings (SSSR count). The van der Waals surface area contributed by atoms with Crippen molar-refractivity contribution in [2.45, 2.75) is 0 Å². The maximum atomic E-state index is 10.2. The molecule has 0 spiro atoms. The number of phenolic OH excluding ortho intramolecular Hbond substituents is 1. The molecular weight excluding hydrogens is 286 g/mol. The average molecular weight is 296 g/mol. The summed E-state index contributed by atoms with van der Waals surface area (Å²) in [6.45, 7) is 0. The van der Waals surface area contributed by atoms with Crippen molar-refractivity contribution < 1.29 is 5.11 Å². The topological polar surface area (TPSA) is 61.8 Å². The van der Waals surface area contributed by atoms with Crippen LogP contribution in [0.25, 0.3) is 33.3 Å². The second-order valence-corrected chi connectivity index (χ2v) is 5.23. The minimum absolute atomic E-state index is 0.179. The molecule has 2 aromatic carbocycles. The van der Waals surface area contributed by atoms with Gasteiger partial charge in [0.1, 0.15) is 11.6 Å². The van der Waals surface area contributed by atoms with Crippen molar-refractivity contribution in [2.24, 2.45) is 0 Å². The van der Waals surface area contributed by atoms with E-state index in [0.717, 1.165) is 16.3 Å². The molecule has 5 heteroatoms. The Hall–Kier alpha value is -2.59. The molecule has 4 nitrogen and oxygen atoms in total. The van der Waals surface area contributed by atoms with Crippen LogP contribution in [0, 0.1) is 0 Å². The largest absolute Gasteiger partial charge is 0.507 e. The van der Waals surface area contributed by atoms with Gasteiger partial charge in [-0.15, -0.1) is 0 Å². The van der Waals surface area contributed by atoms with E-state index in [1.54, 1.807) is 18.3 Å². The van der Waals surface area contributed by atoms with Crippen LogP contribution in [0.3, 0.4) is 0 Å². The fraction of sp³-hybridized carbons (Fsp3) is 0. The van der Waals surface area contributed by atoms with Crippen LogP contribution >= 0.6 is 11.6 Å². The number of halogens is 1. The lowest BCUT2D eigenvalue weighted by molar-refractivity contribution is 0.477. The summed E-state index contributed by atoms with van der Waals surface area (Å²) in [6.07, 6.45) is 1.55. The van der Waals surface area contributed by atoms with Gasteiger partial charge in [-0.3, -0.25) is 0 Å². The van der Waals surface area contributed by atoms with Crippen molar-refractivity contribution in [3.05, 3.63) is 53.7 Å². The molecule has 0 aliphatic carbocycles. The van der Waals surface area contributed by atoms with Crippen LogP contribution in [0.5, 0.6) is 5.75 Å². The number of aromatic nitrogens is 3.